The molecule has 3 heterocycles. The SMILES string of the molecule is COC(=O)N[C@@H](C)C(=O)N[C@H](c1nc(-c2ccc(-c3ccc(-c4c[nH]c([C@@H]5CCCN5C(=O)[C@H](C)N(C)C(=O)O)n4)cc3)cc2)c[nH]1)C(C)C. The van der Waals surface area contributed by atoms with Crippen molar-refractivity contribution in [1.82, 2.24) is 40.4 Å². The number of likely N-dealkylation sites (tertiary alicyclic amines) is 1. The molecule has 50 heavy (non-hydrogen) atoms. The summed E-state index contributed by atoms with van der Waals surface area (Å²) < 4.78 is 4.59. The molecular weight excluding hydrogens is 640 g/mol. The first-order chi connectivity index (χ1) is 23.9. The van der Waals surface area contributed by atoms with Crippen LogP contribution in [0.4, 0.5) is 9.59 Å². The molecule has 2 aromatic heterocycles. The number of alkyl carbamates (subject to hydrolysis) is 1. The minimum atomic E-state index is -1.14. The van der Waals surface area contributed by atoms with E-state index < -0.39 is 30.3 Å². The van der Waals surface area contributed by atoms with Gasteiger partial charge in [0.15, 0.2) is 0 Å². The second kappa shape index (κ2) is 15.3. The van der Waals surface area contributed by atoms with Gasteiger partial charge >= 0.3 is 12.2 Å². The van der Waals surface area contributed by atoms with Crippen molar-refractivity contribution < 1.29 is 29.0 Å². The van der Waals surface area contributed by atoms with E-state index in [-0.39, 0.29) is 23.8 Å². The Kier molecular flexibility index (Phi) is 10.9. The van der Waals surface area contributed by atoms with Crippen molar-refractivity contribution in [2.24, 2.45) is 5.92 Å². The fourth-order valence-electron chi connectivity index (χ4n) is 5.98. The van der Waals surface area contributed by atoms with Crippen LogP contribution in [0.25, 0.3) is 33.6 Å². The van der Waals surface area contributed by atoms with Crippen molar-refractivity contribution in [3.63, 3.8) is 0 Å². The molecule has 4 atom stereocenters. The van der Waals surface area contributed by atoms with Crippen LogP contribution >= 0.6 is 0 Å². The Hall–Kier alpha value is -5.66. The Balaban J connectivity index is 1.24. The Morgan fingerprint density at radius 2 is 1.44 bits per heavy atom. The highest BCUT2D eigenvalue weighted by Gasteiger charge is 2.36. The molecule has 0 radical (unpaired) electrons. The molecular formula is C36H44N8O6. The van der Waals surface area contributed by atoms with Gasteiger partial charge < -0.3 is 35.3 Å². The zero-order valence-electron chi connectivity index (χ0n) is 29.1. The van der Waals surface area contributed by atoms with E-state index >= 15 is 0 Å². The first-order valence-electron chi connectivity index (χ1n) is 16.6. The van der Waals surface area contributed by atoms with Crippen LogP contribution in [0.1, 0.15) is 64.3 Å². The van der Waals surface area contributed by atoms with Crippen LogP contribution in [0.3, 0.4) is 0 Å². The lowest BCUT2D eigenvalue weighted by atomic mass is 10.0. The number of nitrogens with zero attached hydrogens (tertiary/aromatic N) is 4. The van der Waals surface area contributed by atoms with Crippen LogP contribution in [0.5, 0.6) is 0 Å². The summed E-state index contributed by atoms with van der Waals surface area (Å²) >= 11 is 0. The lowest BCUT2D eigenvalue weighted by Gasteiger charge is -2.29. The van der Waals surface area contributed by atoms with Crippen molar-refractivity contribution in [3.05, 3.63) is 72.6 Å². The molecule has 14 nitrogen and oxygen atoms in total. The highest BCUT2D eigenvalue weighted by Crippen LogP contribution is 2.33. The highest BCUT2D eigenvalue weighted by molar-refractivity contribution is 5.86. The fourth-order valence-corrected chi connectivity index (χ4v) is 5.98. The van der Waals surface area contributed by atoms with Crippen LogP contribution < -0.4 is 10.6 Å². The Labute approximate surface area is 290 Å². The summed E-state index contributed by atoms with van der Waals surface area (Å²) in [7, 11) is 2.65. The standard InChI is InChI=1S/C36H44N8O6/c1-20(2)30(42-33(45)21(3)39-35(47)50-6)32-38-19-28(41-32)26-15-11-24(12-16-26)23-9-13-25(14-10-23)27-18-37-31(40-27)29-8-7-17-44(29)34(46)22(4)43(5)36(48)49/h9-16,18-22,29-30H,7-8,17H2,1-6H3,(H,37,40)(H,38,41)(H,39,47)(H,42,45)(H,48,49)/t21-,22-,29-,30-/m0/s1. The van der Waals surface area contributed by atoms with E-state index in [0.717, 1.165) is 51.4 Å². The van der Waals surface area contributed by atoms with Gasteiger partial charge in [-0.25, -0.2) is 19.6 Å². The summed E-state index contributed by atoms with van der Waals surface area (Å²) in [5.74, 6) is 0.750. The van der Waals surface area contributed by atoms with E-state index in [1.807, 2.05) is 74.8 Å². The molecule has 0 bridgehead atoms. The van der Waals surface area contributed by atoms with Crippen molar-refractivity contribution in [2.75, 3.05) is 20.7 Å². The molecule has 14 heteroatoms. The molecule has 1 aliphatic rings. The quantitative estimate of drug-likeness (QED) is 0.140. The summed E-state index contributed by atoms with van der Waals surface area (Å²) in [6.07, 6.45) is 3.39. The number of carbonyl (C=O) groups is 4. The number of aromatic nitrogens is 4. The van der Waals surface area contributed by atoms with Crippen LogP contribution in [-0.4, -0.2) is 91.6 Å². The smallest absolute Gasteiger partial charge is 0.407 e. The van der Waals surface area contributed by atoms with Gasteiger partial charge in [0.05, 0.1) is 30.6 Å². The van der Waals surface area contributed by atoms with Gasteiger partial charge in [0.25, 0.3) is 0 Å². The maximum Gasteiger partial charge on any atom is 0.407 e. The number of methoxy groups -OCH3 is 1. The summed E-state index contributed by atoms with van der Waals surface area (Å²) in [6.45, 7) is 7.71. The van der Waals surface area contributed by atoms with E-state index in [4.69, 9.17) is 9.97 Å². The third-order valence-electron chi connectivity index (χ3n) is 9.15. The number of rotatable bonds is 11. The number of carbonyl (C=O) groups excluding carboxylic acids is 3. The first kappa shape index (κ1) is 35.6. The van der Waals surface area contributed by atoms with Gasteiger partial charge in [-0.3, -0.25) is 14.5 Å². The average molecular weight is 685 g/mol. The maximum atomic E-state index is 13.1. The summed E-state index contributed by atoms with van der Waals surface area (Å²) in [5.41, 5.74) is 5.39. The Morgan fingerprint density at radius 3 is 2.00 bits per heavy atom. The Morgan fingerprint density at radius 1 is 0.880 bits per heavy atom. The largest absolute Gasteiger partial charge is 0.465 e. The second-order valence-electron chi connectivity index (χ2n) is 12.8. The van der Waals surface area contributed by atoms with Gasteiger partial charge in [-0.2, -0.15) is 0 Å². The molecule has 0 saturated carbocycles. The minimum absolute atomic E-state index is 0.0323. The van der Waals surface area contributed by atoms with E-state index in [0.29, 0.717) is 18.2 Å². The third-order valence-corrected chi connectivity index (χ3v) is 9.15. The van der Waals surface area contributed by atoms with Crippen molar-refractivity contribution in [3.8, 4) is 33.6 Å². The number of hydrogen-bond acceptors (Lipinski definition) is 7. The van der Waals surface area contributed by atoms with Gasteiger partial charge in [0.1, 0.15) is 23.7 Å². The van der Waals surface area contributed by atoms with Crippen LogP contribution in [0, 0.1) is 5.92 Å². The number of amides is 4. The minimum Gasteiger partial charge on any atom is -0.465 e. The molecule has 0 unspecified atom stereocenters. The normalized spacial score (nSPS) is 16.1. The topological polar surface area (TPSA) is 186 Å². The molecule has 1 aliphatic heterocycles. The van der Waals surface area contributed by atoms with E-state index in [9.17, 15) is 24.3 Å². The van der Waals surface area contributed by atoms with E-state index in [1.165, 1.54) is 14.2 Å². The van der Waals surface area contributed by atoms with E-state index in [2.05, 4.69) is 25.3 Å². The monoisotopic (exact) mass is 684 g/mol. The van der Waals surface area contributed by atoms with Gasteiger partial charge in [-0.15, -0.1) is 0 Å². The lowest BCUT2D eigenvalue weighted by Crippen LogP contribution is -2.47. The number of nitrogens with one attached hydrogen (secondary N) is 4. The molecule has 1 fully saturated rings. The van der Waals surface area contributed by atoms with Crippen LogP contribution in [-0.2, 0) is 14.3 Å². The Bertz CT molecular complexity index is 1820. The van der Waals surface area contributed by atoms with Gasteiger partial charge in [0, 0.05) is 37.1 Å². The lowest BCUT2D eigenvalue weighted by molar-refractivity contribution is -0.136. The fraction of sp³-hybridized carbons (Fsp3) is 0.389. The number of aromatic amines is 2. The van der Waals surface area contributed by atoms with Crippen LogP contribution in [0.2, 0.25) is 0 Å². The summed E-state index contributed by atoms with van der Waals surface area (Å²) in [5, 5.41) is 14.7. The third kappa shape index (κ3) is 7.80. The molecule has 5 rings (SSSR count). The van der Waals surface area contributed by atoms with E-state index in [1.54, 1.807) is 18.7 Å². The number of hydrogen-bond donors (Lipinski definition) is 5. The molecule has 0 spiro atoms. The number of ether oxygens (including phenoxy) is 1. The zero-order chi connectivity index (χ0) is 36.1. The van der Waals surface area contributed by atoms with Gasteiger partial charge in [-0.1, -0.05) is 62.4 Å². The van der Waals surface area contributed by atoms with Crippen molar-refractivity contribution in [1.29, 1.82) is 0 Å². The predicted molar refractivity (Wildman–Crippen MR) is 187 cm³/mol. The second-order valence-corrected chi connectivity index (χ2v) is 12.8. The number of carboxylic acid groups (broad SMARTS) is 1. The molecule has 0 aliphatic carbocycles. The van der Waals surface area contributed by atoms with Gasteiger partial charge in [-0.05, 0) is 43.7 Å². The molecule has 1 saturated heterocycles. The van der Waals surface area contributed by atoms with Gasteiger partial charge in [0.2, 0.25) is 11.8 Å². The van der Waals surface area contributed by atoms with Crippen molar-refractivity contribution >= 4 is 24.0 Å². The molecule has 264 valence electrons. The maximum absolute atomic E-state index is 13.1. The summed E-state index contributed by atoms with van der Waals surface area (Å²) in [6, 6.07) is 13.9. The zero-order valence-corrected chi connectivity index (χ0v) is 29.1. The highest BCUT2D eigenvalue weighted by atomic mass is 16.5. The summed E-state index contributed by atoms with van der Waals surface area (Å²) in [4.78, 5) is 67.5. The molecule has 5 N–H and O–H groups in total. The molecule has 2 aromatic carbocycles. The molecule has 4 amide bonds. The number of imidazole rings is 2. The molecule has 4 aromatic rings. The van der Waals surface area contributed by atoms with Crippen LogP contribution in [0.15, 0.2) is 60.9 Å². The first-order valence-corrected chi connectivity index (χ1v) is 16.6. The average Bonchev–Trinajstić information content (AvgIpc) is 3.91. The van der Waals surface area contributed by atoms with Crippen molar-refractivity contribution in [2.45, 2.75) is 64.7 Å². The number of H-pyrrole nitrogens is 2. The number of benzene rings is 2. The predicted octanol–water partition coefficient (Wildman–Crippen LogP) is 5.35. The number of likely N-dealkylation sites (N-methyl/N-ethyl adjacent to an activating group) is 1.